The van der Waals surface area contributed by atoms with Crippen LogP contribution < -0.4 is 0 Å². The van der Waals surface area contributed by atoms with Gasteiger partial charge in [0.05, 0.1) is 5.92 Å². The number of amides is 2. The van der Waals surface area contributed by atoms with Gasteiger partial charge >= 0.3 is 0 Å². The maximum absolute atomic E-state index is 12.6. The Bertz CT molecular complexity index is 455. The molecular formula is C16H21NO2. The average molecular weight is 259 g/mol. The minimum absolute atomic E-state index is 0.0246. The van der Waals surface area contributed by atoms with E-state index in [-0.39, 0.29) is 23.7 Å². The van der Waals surface area contributed by atoms with E-state index < -0.39 is 0 Å². The molecule has 0 radical (unpaired) electrons. The fraction of sp³-hybridized carbons (Fsp3) is 0.500. The van der Waals surface area contributed by atoms with E-state index in [9.17, 15) is 9.59 Å². The molecule has 1 aromatic carbocycles. The first-order valence-electron chi connectivity index (χ1n) is 7.04. The van der Waals surface area contributed by atoms with E-state index in [1.807, 2.05) is 30.3 Å². The fourth-order valence-corrected chi connectivity index (χ4v) is 2.71. The van der Waals surface area contributed by atoms with Crippen molar-refractivity contribution in [2.75, 3.05) is 6.54 Å². The van der Waals surface area contributed by atoms with Gasteiger partial charge in [0.25, 0.3) is 0 Å². The topological polar surface area (TPSA) is 37.4 Å². The number of carbonyl (C=O) groups is 2. The number of hydrogen-bond acceptors (Lipinski definition) is 2. The van der Waals surface area contributed by atoms with Crippen LogP contribution in [0.15, 0.2) is 30.3 Å². The van der Waals surface area contributed by atoms with Crippen LogP contribution in [0.5, 0.6) is 0 Å². The third-order valence-electron chi connectivity index (χ3n) is 3.85. The van der Waals surface area contributed by atoms with Crippen LogP contribution in [0.1, 0.15) is 44.6 Å². The van der Waals surface area contributed by atoms with Gasteiger partial charge in [-0.05, 0) is 17.9 Å². The van der Waals surface area contributed by atoms with Gasteiger partial charge in [0.1, 0.15) is 0 Å². The van der Waals surface area contributed by atoms with Crippen LogP contribution in [0.25, 0.3) is 0 Å². The summed E-state index contributed by atoms with van der Waals surface area (Å²) in [5, 5.41) is 0. The molecule has 1 aliphatic heterocycles. The van der Waals surface area contributed by atoms with Gasteiger partial charge in [-0.2, -0.15) is 0 Å². The summed E-state index contributed by atoms with van der Waals surface area (Å²) in [5.74, 6) is 0.0109. The smallest absolute Gasteiger partial charge is 0.236 e. The minimum atomic E-state index is -0.189. The molecule has 2 rings (SSSR count). The predicted octanol–water partition coefficient (Wildman–Crippen LogP) is 2.97. The largest absolute Gasteiger partial charge is 0.282 e. The summed E-state index contributed by atoms with van der Waals surface area (Å²) in [6, 6.07) is 9.82. The Morgan fingerprint density at radius 1 is 1.32 bits per heavy atom. The zero-order valence-corrected chi connectivity index (χ0v) is 11.6. The third-order valence-corrected chi connectivity index (χ3v) is 3.85. The number of likely N-dealkylation sites (tertiary alicyclic amines) is 1. The predicted molar refractivity (Wildman–Crippen MR) is 74.6 cm³/mol. The zero-order chi connectivity index (χ0) is 13.8. The second-order valence-corrected chi connectivity index (χ2v) is 5.29. The molecule has 2 atom stereocenters. The van der Waals surface area contributed by atoms with Gasteiger partial charge in [-0.15, -0.1) is 0 Å². The molecule has 0 spiro atoms. The van der Waals surface area contributed by atoms with E-state index in [4.69, 9.17) is 0 Å². The molecule has 0 N–H and O–H groups in total. The number of nitrogens with zero attached hydrogens (tertiary/aromatic N) is 1. The highest BCUT2D eigenvalue weighted by Crippen LogP contribution is 2.31. The van der Waals surface area contributed by atoms with Crippen molar-refractivity contribution in [1.82, 2.24) is 4.90 Å². The molecule has 1 aliphatic rings. The molecule has 2 unspecified atom stereocenters. The lowest BCUT2D eigenvalue weighted by Gasteiger charge is -2.34. The van der Waals surface area contributed by atoms with E-state index in [0.717, 1.165) is 18.4 Å². The molecule has 3 nitrogen and oxygen atoms in total. The van der Waals surface area contributed by atoms with Crippen molar-refractivity contribution in [3.63, 3.8) is 0 Å². The summed E-state index contributed by atoms with van der Waals surface area (Å²) in [5.41, 5.74) is 1.02. The van der Waals surface area contributed by atoms with Crippen LogP contribution in [0.2, 0.25) is 0 Å². The SMILES string of the molecule is CCCC(C)C(C(=O)N1CCC1=O)c1ccccc1. The first kappa shape index (κ1) is 13.8. The number of β-lactam (4-membered cyclic amide) rings is 1. The number of rotatable bonds is 5. The molecule has 0 bridgehead atoms. The minimum Gasteiger partial charge on any atom is -0.282 e. The second kappa shape index (κ2) is 6.00. The molecule has 19 heavy (non-hydrogen) atoms. The van der Waals surface area contributed by atoms with E-state index in [1.54, 1.807) is 0 Å². The lowest BCUT2D eigenvalue weighted by Crippen LogP contribution is -2.50. The Hall–Kier alpha value is -1.64. The Morgan fingerprint density at radius 2 is 2.00 bits per heavy atom. The molecule has 2 amide bonds. The maximum Gasteiger partial charge on any atom is 0.236 e. The summed E-state index contributed by atoms with van der Waals surface area (Å²) in [6.07, 6.45) is 2.55. The van der Waals surface area contributed by atoms with Crippen LogP contribution in [-0.2, 0) is 9.59 Å². The van der Waals surface area contributed by atoms with Gasteiger partial charge in [0, 0.05) is 13.0 Å². The van der Waals surface area contributed by atoms with Crippen LogP contribution in [0.3, 0.4) is 0 Å². The maximum atomic E-state index is 12.6. The number of imide groups is 1. The van der Waals surface area contributed by atoms with Gasteiger partial charge in [0.2, 0.25) is 11.8 Å². The van der Waals surface area contributed by atoms with Gasteiger partial charge in [-0.25, -0.2) is 0 Å². The molecular weight excluding hydrogens is 238 g/mol. The number of carbonyl (C=O) groups excluding carboxylic acids is 2. The van der Waals surface area contributed by atoms with Crippen molar-refractivity contribution in [2.24, 2.45) is 5.92 Å². The van der Waals surface area contributed by atoms with E-state index in [1.165, 1.54) is 4.90 Å². The molecule has 0 aliphatic carbocycles. The number of hydrogen-bond donors (Lipinski definition) is 0. The van der Waals surface area contributed by atoms with Gasteiger partial charge in [-0.1, -0.05) is 50.6 Å². The van der Waals surface area contributed by atoms with Gasteiger partial charge < -0.3 is 0 Å². The van der Waals surface area contributed by atoms with Crippen LogP contribution in [0.4, 0.5) is 0 Å². The van der Waals surface area contributed by atoms with Crippen molar-refractivity contribution in [1.29, 1.82) is 0 Å². The summed E-state index contributed by atoms with van der Waals surface area (Å²) < 4.78 is 0. The Labute approximate surface area is 114 Å². The summed E-state index contributed by atoms with van der Waals surface area (Å²) in [7, 11) is 0. The van der Waals surface area contributed by atoms with Crippen molar-refractivity contribution >= 4 is 11.8 Å². The molecule has 1 heterocycles. The van der Waals surface area contributed by atoms with E-state index in [0.29, 0.717) is 13.0 Å². The normalized spacial score (nSPS) is 17.8. The lowest BCUT2D eigenvalue weighted by atomic mass is 9.83. The van der Waals surface area contributed by atoms with E-state index in [2.05, 4.69) is 13.8 Å². The summed E-state index contributed by atoms with van der Waals surface area (Å²) >= 11 is 0. The summed E-state index contributed by atoms with van der Waals surface area (Å²) in [4.78, 5) is 25.5. The standard InChI is InChI=1S/C16H21NO2/c1-3-7-12(2)15(13-8-5-4-6-9-13)16(19)17-11-10-14(17)18/h4-6,8-9,12,15H,3,7,10-11H2,1-2H3. The van der Waals surface area contributed by atoms with Crippen molar-refractivity contribution < 1.29 is 9.59 Å². The van der Waals surface area contributed by atoms with Crippen molar-refractivity contribution in [3.8, 4) is 0 Å². The molecule has 1 saturated heterocycles. The first-order chi connectivity index (χ1) is 9.15. The Kier molecular flexibility index (Phi) is 4.35. The van der Waals surface area contributed by atoms with Gasteiger partial charge in [-0.3, -0.25) is 14.5 Å². The highest BCUT2D eigenvalue weighted by atomic mass is 16.2. The molecule has 3 heteroatoms. The van der Waals surface area contributed by atoms with Crippen LogP contribution in [0, 0.1) is 5.92 Å². The van der Waals surface area contributed by atoms with Crippen LogP contribution >= 0.6 is 0 Å². The zero-order valence-electron chi connectivity index (χ0n) is 11.6. The Morgan fingerprint density at radius 3 is 2.47 bits per heavy atom. The van der Waals surface area contributed by atoms with Crippen LogP contribution in [-0.4, -0.2) is 23.3 Å². The molecule has 1 fully saturated rings. The number of benzene rings is 1. The quantitative estimate of drug-likeness (QED) is 0.762. The van der Waals surface area contributed by atoms with Crippen molar-refractivity contribution in [2.45, 2.75) is 39.0 Å². The molecule has 0 aromatic heterocycles. The lowest BCUT2D eigenvalue weighted by molar-refractivity contribution is -0.153. The first-order valence-corrected chi connectivity index (χ1v) is 7.04. The monoisotopic (exact) mass is 259 g/mol. The Balaban J connectivity index is 2.24. The molecule has 102 valence electrons. The summed E-state index contributed by atoms with van der Waals surface area (Å²) in [6.45, 7) is 4.81. The van der Waals surface area contributed by atoms with E-state index >= 15 is 0 Å². The molecule has 1 aromatic rings. The highest BCUT2D eigenvalue weighted by molar-refractivity contribution is 6.02. The van der Waals surface area contributed by atoms with Crippen molar-refractivity contribution in [3.05, 3.63) is 35.9 Å². The second-order valence-electron chi connectivity index (χ2n) is 5.29. The fourth-order valence-electron chi connectivity index (χ4n) is 2.71. The highest BCUT2D eigenvalue weighted by Gasteiger charge is 2.37. The van der Waals surface area contributed by atoms with Gasteiger partial charge in [0.15, 0.2) is 0 Å². The molecule has 0 saturated carbocycles. The average Bonchev–Trinajstić information content (AvgIpc) is 2.38. The third kappa shape index (κ3) is 2.86.